The molecule has 2 saturated carbocycles. The van der Waals surface area contributed by atoms with Crippen LogP contribution in [0.15, 0.2) is 0 Å². The van der Waals surface area contributed by atoms with E-state index in [2.05, 4.69) is 0 Å². The fourth-order valence-corrected chi connectivity index (χ4v) is 3.49. The molecule has 0 aromatic carbocycles. The summed E-state index contributed by atoms with van der Waals surface area (Å²) >= 11 is 0. The van der Waals surface area contributed by atoms with Crippen molar-refractivity contribution in [1.82, 2.24) is 0 Å². The summed E-state index contributed by atoms with van der Waals surface area (Å²) in [5.74, 6) is 2.19. The highest BCUT2D eigenvalue weighted by molar-refractivity contribution is 4.91. The lowest BCUT2D eigenvalue weighted by Crippen LogP contribution is -2.30. The van der Waals surface area contributed by atoms with Gasteiger partial charge in [0.05, 0.1) is 6.10 Å². The Hall–Kier alpha value is -0.0800. The number of aliphatic hydroxyl groups excluding tert-OH is 1. The van der Waals surface area contributed by atoms with Crippen LogP contribution in [0.5, 0.6) is 0 Å². The molecular weight excluding hydrogens is 152 g/mol. The van der Waals surface area contributed by atoms with Crippen LogP contribution in [0.25, 0.3) is 0 Å². The van der Waals surface area contributed by atoms with Crippen molar-refractivity contribution >= 4 is 0 Å². The fourth-order valence-electron chi connectivity index (χ4n) is 3.49. The molecule has 1 N–H and O–H groups in total. The van der Waals surface area contributed by atoms with E-state index in [1.165, 1.54) is 32.1 Å². The lowest BCUT2D eigenvalue weighted by molar-refractivity contribution is -0.149. The zero-order valence-corrected chi connectivity index (χ0v) is 7.28. The van der Waals surface area contributed by atoms with Gasteiger partial charge in [-0.2, -0.15) is 0 Å². The number of rotatable bonds is 0. The highest BCUT2D eigenvalue weighted by atomic mass is 16.6. The molecule has 4 fully saturated rings. The van der Waals surface area contributed by atoms with Crippen molar-refractivity contribution in [2.75, 3.05) is 0 Å². The molecule has 12 heavy (non-hydrogen) atoms. The van der Waals surface area contributed by atoms with Crippen LogP contribution in [0.4, 0.5) is 0 Å². The van der Waals surface area contributed by atoms with Crippen LogP contribution in [0, 0.1) is 17.8 Å². The number of ether oxygens (including phenoxy) is 1. The van der Waals surface area contributed by atoms with Crippen molar-refractivity contribution in [3.63, 3.8) is 0 Å². The molecule has 2 nitrogen and oxygen atoms in total. The fraction of sp³-hybridized carbons (Fsp3) is 1.00. The molecule has 4 rings (SSSR count). The Bertz CT molecular complexity index is 178. The first-order chi connectivity index (χ1) is 5.81. The molecule has 0 amide bonds. The highest BCUT2D eigenvalue weighted by Crippen LogP contribution is 2.48. The molecule has 2 saturated heterocycles. The molecule has 0 spiro atoms. The predicted molar refractivity (Wildman–Crippen MR) is 44.4 cm³/mol. The van der Waals surface area contributed by atoms with Gasteiger partial charge in [-0.15, -0.1) is 0 Å². The van der Waals surface area contributed by atoms with E-state index in [0.29, 0.717) is 12.0 Å². The first-order valence-corrected chi connectivity index (χ1v) is 5.15. The summed E-state index contributed by atoms with van der Waals surface area (Å²) in [5.41, 5.74) is 0. The number of hydrogen-bond donors (Lipinski definition) is 1. The standard InChI is InChI=1S/C10H16O2/c11-10-8-2-6-1-7(3-8)5-9(4-6)12-10/h6-11H,1-5H2/t6-,7+,8?,9?,10-/m0/s1. The number of hydrogen-bond acceptors (Lipinski definition) is 2. The van der Waals surface area contributed by atoms with E-state index in [1.807, 2.05) is 0 Å². The molecular formula is C10H16O2. The maximum Gasteiger partial charge on any atom is 0.157 e. The van der Waals surface area contributed by atoms with Gasteiger partial charge in [-0.1, -0.05) is 0 Å². The minimum atomic E-state index is -0.440. The van der Waals surface area contributed by atoms with Crippen LogP contribution < -0.4 is 0 Å². The second kappa shape index (κ2) is 2.46. The molecule has 0 aromatic heterocycles. The van der Waals surface area contributed by atoms with Crippen molar-refractivity contribution in [1.29, 1.82) is 0 Å². The third kappa shape index (κ3) is 1.01. The number of aliphatic hydroxyl groups is 1. The summed E-state index contributed by atoms with van der Waals surface area (Å²) in [5, 5.41) is 9.68. The summed E-state index contributed by atoms with van der Waals surface area (Å²) in [7, 11) is 0. The van der Waals surface area contributed by atoms with Crippen LogP contribution in [-0.4, -0.2) is 17.5 Å². The van der Waals surface area contributed by atoms with E-state index in [4.69, 9.17) is 4.74 Å². The van der Waals surface area contributed by atoms with Gasteiger partial charge < -0.3 is 9.84 Å². The number of fused-ring (bicyclic) bond motifs is 1. The van der Waals surface area contributed by atoms with Crippen LogP contribution in [-0.2, 0) is 4.74 Å². The minimum Gasteiger partial charge on any atom is -0.368 e. The Labute approximate surface area is 72.9 Å². The first-order valence-electron chi connectivity index (χ1n) is 5.15. The average Bonchev–Trinajstić information content (AvgIpc) is 2.16. The molecule has 5 atom stereocenters. The van der Waals surface area contributed by atoms with Crippen molar-refractivity contribution in [2.24, 2.45) is 17.8 Å². The summed E-state index contributed by atoms with van der Waals surface area (Å²) in [6.07, 6.45) is 6.21. The van der Waals surface area contributed by atoms with Crippen molar-refractivity contribution in [3.05, 3.63) is 0 Å². The van der Waals surface area contributed by atoms with E-state index in [-0.39, 0.29) is 0 Å². The van der Waals surface area contributed by atoms with E-state index < -0.39 is 6.29 Å². The lowest BCUT2D eigenvalue weighted by Gasteiger charge is -2.36. The quantitative estimate of drug-likeness (QED) is 0.594. The summed E-state index contributed by atoms with van der Waals surface area (Å²) < 4.78 is 5.59. The SMILES string of the molecule is O[C@H]1OC2C[C@@H]3CC1C[C@H](C2)C3. The second-order valence-corrected chi connectivity index (χ2v) is 4.82. The predicted octanol–water partition coefficient (Wildman–Crippen LogP) is 1.53. The zero-order valence-electron chi connectivity index (χ0n) is 7.28. The van der Waals surface area contributed by atoms with E-state index >= 15 is 0 Å². The van der Waals surface area contributed by atoms with Crippen molar-refractivity contribution in [3.8, 4) is 0 Å². The monoisotopic (exact) mass is 168 g/mol. The third-order valence-electron chi connectivity index (χ3n) is 3.87. The molecule has 2 aliphatic heterocycles. The van der Waals surface area contributed by atoms with Crippen LogP contribution in [0.2, 0.25) is 0 Å². The summed E-state index contributed by atoms with van der Waals surface area (Å²) in [6.45, 7) is 0. The molecule has 4 bridgehead atoms. The van der Waals surface area contributed by atoms with Crippen LogP contribution in [0.1, 0.15) is 32.1 Å². The Morgan fingerprint density at radius 3 is 2.25 bits per heavy atom. The maximum absolute atomic E-state index is 9.68. The average molecular weight is 168 g/mol. The largest absolute Gasteiger partial charge is 0.368 e. The molecule has 2 heterocycles. The molecule has 2 unspecified atom stereocenters. The smallest absolute Gasteiger partial charge is 0.157 e. The zero-order chi connectivity index (χ0) is 8.13. The Kier molecular flexibility index (Phi) is 1.50. The Morgan fingerprint density at radius 2 is 1.58 bits per heavy atom. The third-order valence-corrected chi connectivity index (χ3v) is 3.87. The van der Waals surface area contributed by atoms with Crippen LogP contribution in [0.3, 0.4) is 0 Å². The molecule has 2 aliphatic carbocycles. The summed E-state index contributed by atoms with van der Waals surface area (Å²) in [6, 6.07) is 0. The molecule has 68 valence electrons. The van der Waals surface area contributed by atoms with E-state index in [0.717, 1.165) is 11.8 Å². The minimum absolute atomic E-state index is 0.385. The van der Waals surface area contributed by atoms with E-state index in [9.17, 15) is 5.11 Å². The molecule has 0 radical (unpaired) electrons. The van der Waals surface area contributed by atoms with Gasteiger partial charge in [-0.05, 0) is 43.9 Å². The lowest BCUT2D eigenvalue weighted by atomic mass is 9.68. The Balaban J connectivity index is 1.91. The Morgan fingerprint density at radius 1 is 0.917 bits per heavy atom. The summed E-state index contributed by atoms with van der Waals surface area (Å²) in [4.78, 5) is 0. The van der Waals surface area contributed by atoms with E-state index in [1.54, 1.807) is 0 Å². The van der Waals surface area contributed by atoms with Crippen LogP contribution >= 0.6 is 0 Å². The van der Waals surface area contributed by atoms with Gasteiger partial charge in [0.1, 0.15) is 0 Å². The highest BCUT2D eigenvalue weighted by Gasteiger charge is 2.43. The molecule has 4 aliphatic rings. The first kappa shape index (κ1) is 7.34. The van der Waals surface area contributed by atoms with Gasteiger partial charge in [-0.3, -0.25) is 0 Å². The van der Waals surface area contributed by atoms with Gasteiger partial charge in [0.15, 0.2) is 6.29 Å². The van der Waals surface area contributed by atoms with Crippen molar-refractivity contribution < 1.29 is 9.84 Å². The molecule has 2 heteroatoms. The van der Waals surface area contributed by atoms with Gasteiger partial charge >= 0.3 is 0 Å². The normalized spacial score (nSPS) is 57.2. The second-order valence-electron chi connectivity index (χ2n) is 4.82. The van der Waals surface area contributed by atoms with Gasteiger partial charge in [0, 0.05) is 5.92 Å². The maximum atomic E-state index is 9.68. The molecule has 0 aromatic rings. The topological polar surface area (TPSA) is 29.5 Å². The van der Waals surface area contributed by atoms with Gasteiger partial charge in [-0.25, -0.2) is 0 Å². The van der Waals surface area contributed by atoms with Gasteiger partial charge in [0.2, 0.25) is 0 Å². The van der Waals surface area contributed by atoms with Crippen molar-refractivity contribution in [2.45, 2.75) is 44.5 Å². The van der Waals surface area contributed by atoms with Gasteiger partial charge in [0.25, 0.3) is 0 Å².